The van der Waals surface area contributed by atoms with E-state index >= 15 is 0 Å². The Kier molecular flexibility index (Phi) is 6.37. The van der Waals surface area contributed by atoms with Crippen LogP contribution in [0.4, 0.5) is 5.69 Å². The number of rotatable bonds is 6. The summed E-state index contributed by atoms with van der Waals surface area (Å²) in [7, 11) is 1.61. The molecular weight excluding hydrogens is 408 g/mol. The van der Waals surface area contributed by atoms with Crippen molar-refractivity contribution in [1.29, 1.82) is 0 Å². The average molecular weight is 434 g/mol. The molecule has 1 fully saturated rings. The van der Waals surface area contributed by atoms with Crippen LogP contribution in [0.5, 0.6) is 5.75 Å². The monoisotopic (exact) mass is 434 g/mol. The summed E-state index contributed by atoms with van der Waals surface area (Å²) in [5.74, 6) is 0.719. The van der Waals surface area contributed by atoms with Gasteiger partial charge in [0, 0.05) is 48.2 Å². The van der Waals surface area contributed by atoms with Crippen LogP contribution in [0.25, 0.3) is 11.0 Å². The van der Waals surface area contributed by atoms with Crippen LogP contribution >= 0.6 is 0 Å². The first-order chi connectivity index (χ1) is 15.4. The topological polar surface area (TPSA) is 88.8 Å². The Morgan fingerprint density at radius 1 is 1.09 bits per heavy atom. The standard InChI is InChI=1S/C25H26N2O5/c1-16(28)26-20-5-8-22-19(13-24(29)32-23(22)14-20)15-27-11-9-18(10-12-27)25(30)17-3-6-21(31-2)7-4-17/h3-8,13-14,18H,9-12,15H2,1-2H3,(H,26,28). The van der Waals surface area contributed by atoms with Crippen LogP contribution in [-0.2, 0) is 11.3 Å². The highest BCUT2D eigenvalue weighted by Gasteiger charge is 2.26. The van der Waals surface area contributed by atoms with Gasteiger partial charge in [-0.15, -0.1) is 0 Å². The maximum Gasteiger partial charge on any atom is 0.336 e. The molecular formula is C25H26N2O5. The summed E-state index contributed by atoms with van der Waals surface area (Å²) in [6.07, 6.45) is 1.55. The second-order valence-corrected chi connectivity index (χ2v) is 8.13. The van der Waals surface area contributed by atoms with Gasteiger partial charge >= 0.3 is 5.63 Å². The SMILES string of the molecule is COc1ccc(C(=O)C2CCN(Cc3cc(=O)oc4cc(NC(C)=O)ccc34)CC2)cc1. The van der Waals surface area contributed by atoms with Gasteiger partial charge in [0.05, 0.1) is 7.11 Å². The number of nitrogens with one attached hydrogen (secondary N) is 1. The van der Waals surface area contributed by atoms with Gasteiger partial charge in [-0.1, -0.05) is 0 Å². The van der Waals surface area contributed by atoms with Crippen molar-refractivity contribution in [2.75, 3.05) is 25.5 Å². The first-order valence-electron chi connectivity index (χ1n) is 10.7. The van der Waals surface area contributed by atoms with E-state index in [1.807, 2.05) is 30.3 Å². The maximum atomic E-state index is 12.8. The van der Waals surface area contributed by atoms with Gasteiger partial charge in [-0.2, -0.15) is 0 Å². The average Bonchev–Trinajstić information content (AvgIpc) is 2.78. The molecule has 1 aliphatic rings. The van der Waals surface area contributed by atoms with Gasteiger partial charge < -0.3 is 14.5 Å². The van der Waals surface area contributed by atoms with Gasteiger partial charge in [-0.25, -0.2) is 4.79 Å². The van der Waals surface area contributed by atoms with E-state index in [1.54, 1.807) is 19.2 Å². The van der Waals surface area contributed by atoms with Crippen LogP contribution in [0.1, 0.15) is 35.7 Å². The molecule has 4 rings (SSSR count). The van der Waals surface area contributed by atoms with E-state index in [2.05, 4.69) is 10.2 Å². The fourth-order valence-electron chi connectivity index (χ4n) is 4.23. The molecule has 3 aromatic rings. The first kappa shape index (κ1) is 21.8. The van der Waals surface area contributed by atoms with Gasteiger partial charge in [-0.3, -0.25) is 14.5 Å². The zero-order valence-corrected chi connectivity index (χ0v) is 18.2. The summed E-state index contributed by atoms with van der Waals surface area (Å²) in [5, 5.41) is 3.54. The molecule has 1 aromatic heterocycles. The van der Waals surface area contributed by atoms with E-state index in [9.17, 15) is 14.4 Å². The number of methoxy groups -OCH3 is 1. The summed E-state index contributed by atoms with van der Waals surface area (Å²) >= 11 is 0. The van der Waals surface area contributed by atoms with Crippen molar-refractivity contribution in [3.8, 4) is 5.75 Å². The van der Waals surface area contributed by atoms with Crippen molar-refractivity contribution in [2.24, 2.45) is 5.92 Å². The van der Waals surface area contributed by atoms with E-state index in [4.69, 9.17) is 9.15 Å². The number of nitrogens with zero attached hydrogens (tertiary/aromatic N) is 1. The number of fused-ring (bicyclic) bond motifs is 1. The number of anilines is 1. The third-order valence-corrected chi connectivity index (χ3v) is 5.88. The van der Waals surface area contributed by atoms with Gasteiger partial charge in [0.15, 0.2) is 5.78 Å². The second-order valence-electron chi connectivity index (χ2n) is 8.13. The number of piperidine rings is 1. The smallest absolute Gasteiger partial charge is 0.336 e. The lowest BCUT2D eigenvalue weighted by Crippen LogP contribution is -2.36. The van der Waals surface area contributed by atoms with Crippen molar-refractivity contribution in [2.45, 2.75) is 26.3 Å². The molecule has 1 amide bonds. The number of hydrogen-bond acceptors (Lipinski definition) is 6. The Labute approximate surface area is 186 Å². The fourth-order valence-corrected chi connectivity index (χ4v) is 4.23. The number of carbonyl (C=O) groups excluding carboxylic acids is 2. The lowest BCUT2D eigenvalue weighted by molar-refractivity contribution is -0.114. The number of amides is 1. The van der Waals surface area contributed by atoms with Crippen molar-refractivity contribution in [3.05, 3.63) is 70.1 Å². The first-order valence-corrected chi connectivity index (χ1v) is 10.7. The summed E-state index contributed by atoms with van der Waals surface area (Å²) in [5.41, 5.74) is 2.21. The molecule has 166 valence electrons. The molecule has 32 heavy (non-hydrogen) atoms. The normalized spacial score (nSPS) is 14.9. The maximum absolute atomic E-state index is 12.8. The molecule has 1 aliphatic heterocycles. The molecule has 0 atom stereocenters. The quantitative estimate of drug-likeness (QED) is 0.468. The van der Waals surface area contributed by atoms with E-state index in [0.717, 1.165) is 42.6 Å². The number of likely N-dealkylation sites (tertiary alicyclic amines) is 1. The predicted molar refractivity (Wildman–Crippen MR) is 122 cm³/mol. The number of hydrogen-bond donors (Lipinski definition) is 1. The molecule has 0 radical (unpaired) electrons. The lowest BCUT2D eigenvalue weighted by atomic mass is 9.88. The molecule has 0 aliphatic carbocycles. The molecule has 7 nitrogen and oxygen atoms in total. The highest BCUT2D eigenvalue weighted by atomic mass is 16.5. The molecule has 0 saturated carbocycles. The minimum absolute atomic E-state index is 0.00237. The van der Waals surface area contributed by atoms with E-state index < -0.39 is 5.63 Å². The summed E-state index contributed by atoms with van der Waals surface area (Å²) < 4.78 is 10.5. The Balaban J connectivity index is 1.44. The number of ether oxygens (including phenoxy) is 1. The molecule has 0 unspecified atom stereocenters. The minimum atomic E-state index is -0.419. The number of Topliss-reactive ketones (excluding diaryl/α,β-unsaturated/α-hetero) is 1. The third kappa shape index (κ3) is 4.89. The van der Waals surface area contributed by atoms with Crippen LogP contribution in [0, 0.1) is 5.92 Å². The molecule has 2 heterocycles. The Morgan fingerprint density at radius 2 is 1.81 bits per heavy atom. The van der Waals surface area contributed by atoms with Gasteiger partial charge in [0.1, 0.15) is 11.3 Å². The van der Waals surface area contributed by atoms with E-state index in [-0.39, 0.29) is 17.6 Å². The van der Waals surface area contributed by atoms with Crippen LogP contribution in [-0.4, -0.2) is 36.8 Å². The fraction of sp³-hybridized carbons (Fsp3) is 0.320. The number of ketones is 1. The minimum Gasteiger partial charge on any atom is -0.497 e. The predicted octanol–water partition coefficient (Wildman–Crippen LogP) is 3.85. The summed E-state index contributed by atoms with van der Waals surface area (Å²) in [6.45, 7) is 3.58. The van der Waals surface area contributed by atoms with Crippen molar-refractivity contribution in [3.63, 3.8) is 0 Å². The lowest BCUT2D eigenvalue weighted by Gasteiger charge is -2.31. The van der Waals surface area contributed by atoms with Crippen LogP contribution in [0.3, 0.4) is 0 Å². The van der Waals surface area contributed by atoms with E-state index in [0.29, 0.717) is 23.4 Å². The second kappa shape index (κ2) is 9.36. The number of benzene rings is 2. The number of carbonyl (C=O) groups is 2. The molecule has 2 aromatic carbocycles. The Hall–Kier alpha value is -3.45. The molecule has 1 saturated heterocycles. The zero-order chi connectivity index (χ0) is 22.7. The van der Waals surface area contributed by atoms with Crippen molar-refractivity contribution >= 4 is 28.3 Å². The van der Waals surface area contributed by atoms with Crippen LogP contribution in [0.2, 0.25) is 0 Å². The molecule has 0 spiro atoms. The van der Waals surface area contributed by atoms with Crippen molar-refractivity contribution < 1.29 is 18.7 Å². The highest BCUT2D eigenvalue weighted by Crippen LogP contribution is 2.26. The zero-order valence-electron chi connectivity index (χ0n) is 18.2. The molecule has 0 bridgehead atoms. The summed E-state index contributed by atoms with van der Waals surface area (Å²) in [6, 6.07) is 14.1. The van der Waals surface area contributed by atoms with Gasteiger partial charge in [0.25, 0.3) is 0 Å². The largest absolute Gasteiger partial charge is 0.497 e. The van der Waals surface area contributed by atoms with Gasteiger partial charge in [-0.05, 0) is 67.9 Å². The molecule has 1 N–H and O–H groups in total. The Bertz CT molecular complexity index is 1190. The van der Waals surface area contributed by atoms with Crippen LogP contribution in [0.15, 0.2) is 57.7 Å². The Morgan fingerprint density at radius 3 is 2.47 bits per heavy atom. The van der Waals surface area contributed by atoms with Crippen molar-refractivity contribution in [1.82, 2.24) is 4.90 Å². The molecule has 7 heteroatoms. The summed E-state index contributed by atoms with van der Waals surface area (Å²) in [4.78, 5) is 38.5. The highest BCUT2D eigenvalue weighted by molar-refractivity contribution is 5.98. The van der Waals surface area contributed by atoms with E-state index in [1.165, 1.54) is 13.0 Å². The third-order valence-electron chi connectivity index (χ3n) is 5.88. The van der Waals surface area contributed by atoms with Gasteiger partial charge in [0.2, 0.25) is 5.91 Å². The van der Waals surface area contributed by atoms with Crippen LogP contribution < -0.4 is 15.7 Å².